The first-order valence-corrected chi connectivity index (χ1v) is 8.30. The van der Waals surface area contributed by atoms with Crippen molar-refractivity contribution < 1.29 is 14.7 Å². The second-order valence-electron chi connectivity index (χ2n) is 6.08. The van der Waals surface area contributed by atoms with Gasteiger partial charge in [0.2, 0.25) is 0 Å². The van der Waals surface area contributed by atoms with Gasteiger partial charge in [-0.15, -0.1) is 0 Å². The summed E-state index contributed by atoms with van der Waals surface area (Å²) >= 11 is 5.87. The normalized spacial score (nSPS) is 18.6. The molecular weight excluding hydrogens is 328 g/mol. The van der Waals surface area contributed by atoms with E-state index in [4.69, 9.17) is 16.7 Å². The molecule has 0 bridgehead atoms. The summed E-state index contributed by atoms with van der Waals surface area (Å²) in [5, 5.41) is 10.8. The predicted molar refractivity (Wildman–Crippen MR) is 93.5 cm³/mol. The van der Waals surface area contributed by atoms with Gasteiger partial charge in [0.15, 0.2) is 0 Å². The maximum atomic E-state index is 12.1. The van der Waals surface area contributed by atoms with Crippen LogP contribution in [-0.2, 0) is 0 Å². The number of carbonyl (C=O) groups excluding carboxylic acids is 1. The third-order valence-corrected chi connectivity index (χ3v) is 4.92. The summed E-state index contributed by atoms with van der Waals surface area (Å²) in [6.45, 7) is 2.65. The molecule has 0 aromatic heterocycles. The van der Waals surface area contributed by atoms with E-state index in [1.165, 1.54) is 4.90 Å². The fourth-order valence-electron chi connectivity index (χ4n) is 3.52. The zero-order valence-electron chi connectivity index (χ0n) is 13.4. The Labute approximate surface area is 145 Å². The van der Waals surface area contributed by atoms with Crippen LogP contribution >= 0.6 is 11.6 Å². The van der Waals surface area contributed by atoms with Crippen LogP contribution in [0.4, 0.5) is 9.59 Å². The summed E-state index contributed by atoms with van der Waals surface area (Å²) in [7, 11) is 0. The minimum Gasteiger partial charge on any atom is -0.465 e. The van der Waals surface area contributed by atoms with Crippen LogP contribution in [0, 0.1) is 0 Å². The minimum atomic E-state index is -0.961. The highest BCUT2D eigenvalue weighted by atomic mass is 35.5. The summed E-state index contributed by atoms with van der Waals surface area (Å²) in [4.78, 5) is 26.2. The zero-order valence-corrected chi connectivity index (χ0v) is 14.1. The molecule has 1 unspecified atom stereocenters. The van der Waals surface area contributed by atoms with Crippen molar-refractivity contribution in [1.29, 1.82) is 0 Å². The number of fused-ring (bicyclic) bond motifs is 1. The van der Waals surface area contributed by atoms with Gasteiger partial charge in [-0.05, 0) is 41.3 Å². The molecule has 1 aliphatic heterocycles. The lowest BCUT2D eigenvalue weighted by molar-refractivity contribution is 0.144. The van der Waals surface area contributed by atoms with Gasteiger partial charge in [-0.3, -0.25) is 4.79 Å². The Morgan fingerprint density at radius 1 is 1.25 bits per heavy atom. The number of rotatable bonds is 3. The molecule has 0 aliphatic carbocycles. The fourth-order valence-corrected chi connectivity index (χ4v) is 3.80. The van der Waals surface area contributed by atoms with Crippen molar-refractivity contribution in [2.75, 3.05) is 13.1 Å². The molecule has 2 atom stereocenters. The Hall–Kier alpha value is -2.27. The van der Waals surface area contributed by atoms with Crippen LogP contribution < -0.4 is 0 Å². The van der Waals surface area contributed by atoms with Crippen molar-refractivity contribution in [3.63, 3.8) is 0 Å². The Balaban J connectivity index is 1.94. The van der Waals surface area contributed by atoms with E-state index in [0.717, 1.165) is 16.3 Å². The average Bonchev–Trinajstić information content (AvgIpc) is 3.03. The third-order valence-electron chi connectivity index (χ3n) is 4.72. The lowest BCUT2D eigenvalue weighted by Gasteiger charge is -2.33. The monoisotopic (exact) mass is 346 g/mol. The van der Waals surface area contributed by atoms with Crippen LogP contribution in [0.1, 0.15) is 24.9 Å². The van der Waals surface area contributed by atoms with E-state index in [1.54, 1.807) is 4.90 Å². The third kappa shape index (κ3) is 3.04. The van der Waals surface area contributed by atoms with E-state index in [2.05, 4.69) is 0 Å². The Kier molecular flexibility index (Phi) is 4.62. The van der Waals surface area contributed by atoms with Gasteiger partial charge >= 0.3 is 11.5 Å². The molecule has 2 amide bonds. The quantitative estimate of drug-likeness (QED) is 0.665. The number of hydrogen-bond acceptors (Lipinski definition) is 2. The molecule has 0 saturated carbocycles. The summed E-state index contributed by atoms with van der Waals surface area (Å²) in [5.74, 6) is 0. The van der Waals surface area contributed by atoms with E-state index in [0.29, 0.717) is 19.5 Å². The van der Waals surface area contributed by atoms with E-state index in [1.807, 2.05) is 49.4 Å². The molecule has 1 aliphatic rings. The van der Waals surface area contributed by atoms with Crippen LogP contribution in [0.15, 0.2) is 42.5 Å². The molecule has 2 aromatic carbocycles. The van der Waals surface area contributed by atoms with Crippen LogP contribution in [0.5, 0.6) is 0 Å². The van der Waals surface area contributed by atoms with Gasteiger partial charge in [0.1, 0.15) is 0 Å². The smallest absolute Gasteiger partial charge is 0.407 e. The first kappa shape index (κ1) is 16.6. The van der Waals surface area contributed by atoms with Crippen molar-refractivity contribution >= 4 is 33.8 Å². The van der Waals surface area contributed by atoms with E-state index in [-0.39, 0.29) is 12.1 Å². The number of benzene rings is 2. The maximum Gasteiger partial charge on any atom is 0.407 e. The molecule has 1 heterocycles. The van der Waals surface area contributed by atoms with E-state index in [9.17, 15) is 9.59 Å². The molecule has 24 heavy (non-hydrogen) atoms. The lowest BCUT2D eigenvalue weighted by Crippen LogP contribution is -2.41. The van der Waals surface area contributed by atoms with Crippen molar-refractivity contribution in [3.05, 3.63) is 48.0 Å². The highest BCUT2D eigenvalue weighted by Gasteiger charge is 2.35. The summed E-state index contributed by atoms with van der Waals surface area (Å²) < 4.78 is 0. The minimum absolute atomic E-state index is 0.208. The van der Waals surface area contributed by atoms with Crippen molar-refractivity contribution in [3.8, 4) is 0 Å². The zero-order chi connectivity index (χ0) is 17.3. The van der Waals surface area contributed by atoms with Gasteiger partial charge in [0.25, 0.3) is 0 Å². The Morgan fingerprint density at radius 2 is 1.96 bits per heavy atom. The molecule has 0 radical (unpaired) electrons. The van der Waals surface area contributed by atoms with Crippen LogP contribution in [0.25, 0.3) is 10.8 Å². The molecule has 1 fully saturated rings. The van der Waals surface area contributed by atoms with Gasteiger partial charge < -0.3 is 14.9 Å². The van der Waals surface area contributed by atoms with Gasteiger partial charge in [-0.1, -0.05) is 42.5 Å². The first-order chi connectivity index (χ1) is 11.5. The molecule has 0 spiro atoms. The largest absolute Gasteiger partial charge is 0.465 e. The molecule has 5 nitrogen and oxygen atoms in total. The average molecular weight is 347 g/mol. The molecule has 126 valence electrons. The van der Waals surface area contributed by atoms with Crippen molar-refractivity contribution in [2.45, 2.75) is 25.4 Å². The molecular formula is C18H19ClN2O3. The number of likely N-dealkylation sites (tertiary alicyclic amines) is 1. The van der Waals surface area contributed by atoms with Crippen molar-refractivity contribution in [2.24, 2.45) is 0 Å². The summed E-state index contributed by atoms with van der Waals surface area (Å²) in [5.41, 5.74) is 1.01. The van der Waals surface area contributed by atoms with E-state index < -0.39 is 11.5 Å². The predicted octanol–water partition coefficient (Wildman–Crippen LogP) is 4.31. The van der Waals surface area contributed by atoms with Crippen LogP contribution in [-0.4, -0.2) is 45.5 Å². The number of carbonyl (C=O) groups is 2. The first-order valence-electron chi connectivity index (χ1n) is 7.92. The standard InChI is InChI=1S/C18H19ClN2O3/c1-12(15-8-4-6-13-5-2-3-7-16(13)15)21(17(19)22)14-9-10-20(11-14)18(23)24/h2-8,12,14H,9-11H2,1H3,(H,23,24)/t12-,14?/m1/s1. The number of hydrogen-bond donors (Lipinski definition) is 1. The van der Waals surface area contributed by atoms with Gasteiger partial charge in [-0.2, -0.15) is 0 Å². The Bertz CT molecular complexity index is 774. The van der Waals surface area contributed by atoms with Crippen LogP contribution in [0.3, 0.4) is 0 Å². The molecule has 3 rings (SSSR count). The molecule has 6 heteroatoms. The van der Waals surface area contributed by atoms with Crippen molar-refractivity contribution in [1.82, 2.24) is 9.80 Å². The molecule has 1 saturated heterocycles. The fraction of sp³-hybridized carbons (Fsp3) is 0.333. The van der Waals surface area contributed by atoms with Crippen LogP contribution in [0.2, 0.25) is 0 Å². The topological polar surface area (TPSA) is 60.9 Å². The summed E-state index contributed by atoms with van der Waals surface area (Å²) in [6.07, 6.45) is -0.364. The Morgan fingerprint density at radius 3 is 2.62 bits per heavy atom. The number of nitrogens with zero attached hydrogens (tertiary/aromatic N) is 2. The highest BCUT2D eigenvalue weighted by Crippen LogP contribution is 2.32. The number of amides is 2. The summed E-state index contributed by atoms with van der Waals surface area (Å²) in [6, 6.07) is 13.5. The SMILES string of the molecule is C[C@H](c1cccc2ccccc12)N(C(=O)Cl)C1CCN(C(=O)O)C1. The maximum absolute atomic E-state index is 12.1. The van der Waals surface area contributed by atoms with E-state index >= 15 is 0 Å². The number of carboxylic acid groups (broad SMARTS) is 1. The van der Waals surface area contributed by atoms with Gasteiger partial charge in [0.05, 0.1) is 12.1 Å². The molecule has 1 N–H and O–H groups in total. The number of halogens is 1. The second kappa shape index (κ2) is 6.69. The second-order valence-corrected chi connectivity index (χ2v) is 6.40. The lowest BCUT2D eigenvalue weighted by atomic mass is 9.98. The highest BCUT2D eigenvalue weighted by molar-refractivity contribution is 6.62. The van der Waals surface area contributed by atoms with Gasteiger partial charge in [-0.25, -0.2) is 4.79 Å². The van der Waals surface area contributed by atoms with Gasteiger partial charge in [0, 0.05) is 13.1 Å². The molecule has 2 aromatic rings.